The van der Waals surface area contributed by atoms with Crippen molar-refractivity contribution in [2.75, 3.05) is 6.54 Å². The number of sulfonamides is 1. The number of para-hydroxylation sites is 1. The van der Waals surface area contributed by atoms with Gasteiger partial charge in [0.2, 0.25) is 10.0 Å². The van der Waals surface area contributed by atoms with Gasteiger partial charge in [-0.15, -0.1) is 0 Å². The zero-order chi connectivity index (χ0) is 14.1. The summed E-state index contributed by atoms with van der Waals surface area (Å²) in [4.78, 5) is 9.78. The summed E-state index contributed by atoms with van der Waals surface area (Å²) in [6.45, 7) is 0.0986. The molecule has 0 amide bonds. The highest BCUT2D eigenvalue weighted by atomic mass is 32.2. The van der Waals surface area contributed by atoms with Gasteiger partial charge in [-0.05, 0) is 25.3 Å². The molecule has 1 aromatic rings. The van der Waals surface area contributed by atoms with Gasteiger partial charge in [0, 0.05) is 18.2 Å². The van der Waals surface area contributed by atoms with E-state index in [1.165, 1.54) is 18.2 Å². The lowest BCUT2D eigenvalue weighted by Gasteiger charge is -2.37. The molecule has 19 heavy (non-hydrogen) atoms. The van der Waals surface area contributed by atoms with Crippen molar-refractivity contribution < 1.29 is 13.3 Å². The van der Waals surface area contributed by atoms with Crippen molar-refractivity contribution in [3.8, 4) is 0 Å². The lowest BCUT2D eigenvalue weighted by atomic mass is 9.78. The second-order valence-corrected chi connectivity index (χ2v) is 6.50. The molecule has 0 spiro atoms. The van der Waals surface area contributed by atoms with Gasteiger partial charge in [-0.25, -0.2) is 13.1 Å². The fourth-order valence-electron chi connectivity index (χ4n) is 1.96. The van der Waals surface area contributed by atoms with E-state index in [1.807, 2.05) is 0 Å². The van der Waals surface area contributed by atoms with Crippen LogP contribution in [0.25, 0.3) is 0 Å². The minimum atomic E-state index is -3.92. The van der Waals surface area contributed by atoms with Gasteiger partial charge in [-0.1, -0.05) is 12.1 Å². The Morgan fingerprint density at radius 1 is 1.37 bits per heavy atom. The van der Waals surface area contributed by atoms with Gasteiger partial charge in [0.05, 0.1) is 4.92 Å². The standard InChI is InChI=1S/C11H15N3O4S/c12-11(6-3-7-11)8-13-19(17,18)10-5-2-1-4-9(10)14(15)16/h1-2,4-5,13H,3,6-8,12H2. The molecule has 1 aromatic carbocycles. The van der Waals surface area contributed by atoms with Crippen LogP contribution in [-0.4, -0.2) is 25.4 Å². The molecule has 2 rings (SSSR count). The molecule has 0 saturated heterocycles. The van der Waals surface area contributed by atoms with E-state index in [-0.39, 0.29) is 11.4 Å². The molecule has 0 heterocycles. The molecule has 0 unspecified atom stereocenters. The van der Waals surface area contributed by atoms with Crippen molar-refractivity contribution in [2.45, 2.75) is 29.7 Å². The minimum absolute atomic E-state index is 0.0986. The molecule has 0 atom stereocenters. The molecule has 104 valence electrons. The van der Waals surface area contributed by atoms with E-state index in [9.17, 15) is 18.5 Å². The Morgan fingerprint density at radius 2 is 2.00 bits per heavy atom. The molecule has 0 radical (unpaired) electrons. The topological polar surface area (TPSA) is 115 Å². The van der Waals surface area contributed by atoms with Crippen LogP contribution < -0.4 is 10.5 Å². The van der Waals surface area contributed by atoms with Crippen LogP contribution in [0.3, 0.4) is 0 Å². The number of nitrogens with two attached hydrogens (primary N) is 1. The van der Waals surface area contributed by atoms with Crippen molar-refractivity contribution in [3.63, 3.8) is 0 Å². The largest absolute Gasteiger partial charge is 0.324 e. The van der Waals surface area contributed by atoms with Crippen LogP contribution in [0.5, 0.6) is 0 Å². The molecule has 0 aliphatic heterocycles. The number of rotatable bonds is 5. The maximum absolute atomic E-state index is 12.1. The number of nitrogens with zero attached hydrogens (tertiary/aromatic N) is 1. The SMILES string of the molecule is NC1(CNS(=O)(=O)c2ccccc2[N+](=O)[O-])CCC1. The van der Waals surface area contributed by atoms with Crippen LogP contribution in [0.1, 0.15) is 19.3 Å². The highest BCUT2D eigenvalue weighted by Gasteiger charge is 2.34. The molecule has 7 nitrogen and oxygen atoms in total. The Hall–Kier alpha value is -1.51. The van der Waals surface area contributed by atoms with Crippen molar-refractivity contribution >= 4 is 15.7 Å². The second-order valence-electron chi connectivity index (χ2n) is 4.77. The Balaban J connectivity index is 2.22. The van der Waals surface area contributed by atoms with E-state index >= 15 is 0 Å². The van der Waals surface area contributed by atoms with Crippen molar-refractivity contribution in [2.24, 2.45) is 5.73 Å². The average Bonchev–Trinajstić information content (AvgIpc) is 2.34. The molecule has 1 aliphatic carbocycles. The van der Waals surface area contributed by atoms with E-state index in [0.717, 1.165) is 25.3 Å². The van der Waals surface area contributed by atoms with Crippen LogP contribution >= 0.6 is 0 Å². The first-order valence-corrected chi connectivity index (χ1v) is 7.34. The molecule has 8 heteroatoms. The summed E-state index contributed by atoms with van der Waals surface area (Å²) in [5, 5.41) is 10.8. The van der Waals surface area contributed by atoms with E-state index in [1.54, 1.807) is 0 Å². The van der Waals surface area contributed by atoms with Crippen LogP contribution in [0.15, 0.2) is 29.2 Å². The van der Waals surface area contributed by atoms with Gasteiger partial charge in [0.25, 0.3) is 5.69 Å². The molecule has 1 aliphatic rings. The molecular weight excluding hydrogens is 270 g/mol. The Morgan fingerprint density at radius 3 is 2.53 bits per heavy atom. The number of nitrogens with one attached hydrogen (secondary N) is 1. The van der Waals surface area contributed by atoms with Crippen LogP contribution in [0.2, 0.25) is 0 Å². The van der Waals surface area contributed by atoms with Gasteiger partial charge in [-0.3, -0.25) is 10.1 Å². The summed E-state index contributed by atoms with van der Waals surface area (Å²) in [5.74, 6) is 0. The fraction of sp³-hybridized carbons (Fsp3) is 0.455. The molecule has 3 N–H and O–H groups in total. The van der Waals surface area contributed by atoms with Gasteiger partial charge < -0.3 is 5.73 Å². The summed E-state index contributed by atoms with van der Waals surface area (Å²) in [6, 6.07) is 5.25. The second kappa shape index (κ2) is 4.87. The van der Waals surface area contributed by atoms with Crippen molar-refractivity contribution in [1.29, 1.82) is 0 Å². The Kier molecular flexibility index (Phi) is 3.57. The van der Waals surface area contributed by atoms with Crippen LogP contribution in [-0.2, 0) is 10.0 Å². The molecule has 0 aromatic heterocycles. The van der Waals surface area contributed by atoms with E-state index in [0.29, 0.717) is 0 Å². The first kappa shape index (κ1) is 13.9. The van der Waals surface area contributed by atoms with Gasteiger partial charge in [0.1, 0.15) is 0 Å². The molecule has 1 saturated carbocycles. The molecular formula is C11H15N3O4S. The quantitative estimate of drug-likeness (QED) is 0.612. The zero-order valence-corrected chi connectivity index (χ0v) is 11.0. The van der Waals surface area contributed by atoms with Crippen LogP contribution in [0.4, 0.5) is 5.69 Å². The number of hydrogen-bond donors (Lipinski definition) is 2. The first-order chi connectivity index (χ1) is 8.84. The normalized spacial score (nSPS) is 17.7. The summed E-state index contributed by atoms with van der Waals surface area (Å²) >= 11 is 0. The van der Waals surface area contributed by atoms with E-state index in [2.05, 4.69) is 4.72 Å². The van der Waals surface area contributed by atoms with Crippen molar-refractivity contribution in [1.82, 2.24) is 4.72 Å². The smallest absolute Gasteiger partial charge is 0.289 e. The predicted octanol–water partition coefficient (Wildman–Crippen LogP) is 0.754. The maximum Gasteiger partial charge on any atom is 0.289 e. The third-order valence-corrected chi connectivity index (χ3v) is 4.76. The minimum Gasteiger partial charge on any atom is -0.324 e. The van der Waals surface area contributed by atoms with E-state index < -0.39 is 26.2 Å². The van der Waals surface area contributed by atoms with Crippen LogP contribution in [0, 0.1) is 10.1 Å². The van der Waals surface area contributed by atoms with E-state index in [4.69, 9.17) is 5.73 Å². The predicted molar refractivity (Wildman–Crippen MR) is 69.1 cm³/mol. The third-order valence-electron chi connectivity index (χ3n) is 3.32. The summed E-state index contributed by atoms with van der Waals surface area (Å²) < 4.78 is 26.5. The maximum atomic E-state index is 12.1. The first-order valence-electron chi connectivity index (χ1n) is 5.86. The van der Waals surface area contributed by atoms with Gasteiger partial charge in [-0.2, -0.15) is 0 Å². The Bertz CT molecular complexity index is 596. The zero-order valence-electron chi connectivity index (χ0n) is 10.2. The third kappa shape index (κ3) is 2.91. The molecule has 0 bridgehead atoms. The lowest BCUT2D eigenvalue weighted by molar-refractivity contribution is -0.387. The lowest BCUT2D eigenvalue weighted by Crippen LogP contribution is -2.54. The average molecular weight is 285 g/mol. The number of hydrogen-bond acceptors (Lipinski definition) is 5. The fourth-order valence-corrected chi connectivity index (χ4v) is 3.27. The summed E-state index contributed by atoms with van der Waals surface area (Å²) in [6.07, 6.45) is 2.49. The Labute approximate surface area is 111 Å². The number of benzene rings is 1. The summed E-state index contributed by atoms with van der Waals surface area (Å²) in [7, 11) is -3.92. The number of nitro benzene ring substituents is 1. The monoisotopic (exact) mass is 285 g/mol. The van der Waals surface area contributed by atoms with Gasteiger partial charge >= 0.3 is 0 Å². The highest BCUT2D eigenvalue weighted by molar-refractivity contribution is 7.89. The molecule has 1 fully saturated rings. The number of nitro groups is 1. The van der Waals surface area contributed by atoms with Gasteiger partial charge in [0.15, 0.2) is 4.90 Å². The highest BCUT2D eigenvalue weighted by Crippen LogP contribution is 2.29. The summed E-state index contributed by atoms with van der Waals surface area (Å²) in [5.41, 5.74) is 4.97. The van der Waals surface area contributed by atoms with Crippen molar-refractivity contribution in [3.05, 3.63) is 34.4 Å².